The molecule has 4 fully saturated rings. The number of carbonyl (C=O) groups is 2. The van der Waals surface area contributed by atoms with Gasteiger partial charge in [-0.3, -0.25) is 0 Å². The highest BCUT2D eigenvalue weighted by Crippen LogP contribution is 2.73. The summed E-state index contributed by atoms with van der Waals surface area (Å²) in [6.45, 7) is 24.4. The Balaban J connectivity index is 1.74. The Morgan fingerprint density at radius 1 is 0.837 bits per heavy atom. The highest BCUT2D eigenvalue weighted by atomic mass is 16.5. The number of carbonyl (C=O) groups excluding carboxylic acids is 2. The van der Waals surface area contributed by atoms with E-state index in [9.17, 15) is 30.0 Å². The fourth-order valence-corrected chi connectivity index (χ4v) is 11.6. The molecule has 0 radical (unpaired) electrons. The van der Waals surface area contributed by atoms with Crippen molar-refractivity contribution in [2.45, 2.75) is 145 Å². The number of rotatable bonds is 9. The summed E-state index contributed by atoms with van der Waals surface area (Å²) in [4.78, 5) is 25.5. The van der Waals surface area contributed by atoms with E-state index in [-0.39, 0.29) is 53.2 Å². The van der Waals surface area contributed by atoms with E-state index in [0.717, 1.165) is 31.3 Å². The van der Waals surface area contributed by atoms with Crippen molar-refractivity contribution in [3.05, 3.63) is 36.0 Å². The number of aliphatic hydroxyl groups excluding tert-OH is 4. The smallest absolute Gasteiger partial charge is 0.333 e. The van der Waals surface area contributed by atoms with Gasteiger partial charge in [0, 0.05) is 17.1 Å². The maximum Gasteiger partial charge on any atom is 0.333 e. The van der Waals surface area contributed by atoms with Crippen LogP contribution in [0.4, 0.5) is 0 Å². The summed E-state index contributed by atoms with van der Waals surface area (Å²) in [5.41, 5.74) is -1.92. The zero-order valence-electron chi connectivity index (χ0n) is 32.0. The largest absolute Gasteiger partial charge is 0.462 e. The molecule has 49 heavy (non-hydrogen) atoms. The van der Waals surface area contributed by atoms with E-state index in [2.05, 4.69) is 34.3 Å². The molecule has 8 nitrogen and oxygen atoms in total. The van der Waals surface area contributed by atoms with Crippen LogP contribution in [0.15, 0.2) is 36.0 Å². The number of ether oxygens (including phenoxy) is 2. The van der Waals surface area contributed by atoms with Crippen LogP contribution in [0.2, 0.25) is 0 Å². The summed E-state index contributed by atoms with van der Waals surface area (Å²) >= 11 is 0. The van der Waals surface area contributed by atoms with Gasteiger partial charge in [0.2, 0.25) is 0 Å². The topological polar surface area (TPSA) is 134 Å². The molecule has 4 N–H and O–H groups in total. The predicted octanol–water partition coefficient (Wildman–Crippen LogP) is 6.70. The first-order chi connectivity index (χ1) is 22.6. The third-order valence-electron chi connectivity index (χ3n) is 14.9. The molecule has 4 saturated carbocycles. The van der Waals surface area contributed by atoms with Gasteiger partial charge in [-0.15, -0.1) is 6.58 Å². The molecule has 0 bridgehead atoms. The first-order valence-electron chi connectivity index (χ1n) is 18.5. The minimum atomic E-state index is -1.26. The van der Waals surface area contributed by atoms with Gasteiger partial charge in [0.25, 0.3) is 0 Å². The van der Waals surface area contributed by atoms with Crippen LogP contribution >= 0.6 is 0 Å². The van der Waals surface area contributed by atoms with Gasteiger partial charge in [-0.2, -0.15) is 0 Å². The molecule has 0 aliphatic heterocycles. The Kier molecular flexibility index (Phi) is 11.2. The first kappa shape index (κ1) is 39.8. The number of hydrogen-bond donors (Lipinski definition) is 4. The average molecular weight is 687 g/mol. The Hall–Kier alpha value is -2.00. The van der Waals surface area contributed by atoms with E-state index in [1.165, 1.54) is 6.08 Å². The number of hydrogen-bond acceptors (Lipinski definition) is 8. The van der Waals surface area contributed by atoms with E-state index in [0.29, 0.717) is 31.3 Å². The molecule has 0 aromatic carbocycles. The second-order valence-electron chi connectivity index (χ2n) is 18.4. The highest BCUT2D eigenvalue weighted by Gasteiger charge is 2.70. The van der Waals surface area contributed by atoms with Crippen molar-refractivity contribution in [2.24, 2.45) is 50.2 Å². The van der Waals surface area contributed by atoms with E-state index >= 15 is 0 Å². The van der Waals surface area contributed by atoms with Crippen LogP contribution in [0.1, 0.15) is 121 Å². The molecule has 0 saturated heterocycles. The van der Waals surface area contributed by atoms with E-state index in [4.69, 9.17) is 9.47 Å². The van der Waals surface area contributed by atoms with Crippen LogP contribution in [0.5, 0.6) is 0 Å². The number of allylic oxidation sites excluding steroid dienone is 3. The van der Waals surface area contributed by atoms with Gasteiger partial charge in [-0.05, 0) is 118 Å². The number of fused-ring (bicyclic) bond motifs is 2. The van der Waals surface area contributed by atoms with Gasteiger partial charge in [-0.25, -0.2) is 9.59 Å². The summed E-state index contributed by atoms with van der Waals surface area (Å²) in [7, 11) is 0. The normalized spacial score (nSPS) is 44.9. The maximum absolute atomic E-state index is 12.7. The Morgan fingerprint density at radius 3 is 2.08 bits per heavy atom. The van der Waals surface area contributed by atoms with Crippen molar-refractivity contribution in [3.63, 3.8) is 0 Å². The SMILES string of the molecule is C=CCC1[C@@]2(C)CC[C@H](O)[C@](C)(COC(=O)C(C)=CC)C2CC[C@@]1(C)[C@@]1(C)CC2CC(C)(C)[C@@H](O)[C@H](O)[C@]2(COC(=O)C=C(C)C)[C@H](O)C1. The zero-order valence-corrected chi connectivity index (χ0v) is 32.0. The standard InChI is InChI=1S/C41H66O8/c1-12-14-29-38(9)17-16-30(42)39(10,23-49-35(47)26(5)13-2)28(38)15-18-40(29,11)37(8)21-27-20-36(6,7)33(45)34(46)41(27,31(43)22-37)24-48-32(44)19-25(3)4/h12-13,19,27-31,33-34,42-43,45-46H,1,14-18,20-24H2,2-11H3/t27?,28?,29?,30-,31+,33-,34-,37-,38-,39+,40+,41-/m0/s1. The fraction of sp³-hybridized carbons (Fsp3) is 0.805. The molecule has 4 rings (SSSR count). The second-order valence-corrected chi connectivity index (χ2v) is 18.4. The van der Waals surface area contributed by atoms with Crippen molar-refractivity contribution in [2.75, 3.05) is 13.2 Å². The molecule has 278 valence electrons. The lowest BCUT2D eigenvalue weighted by Gasteiger charge is -2.70. The summed E-state index contributed by atoms with van der Waals surface area (Å²) < 4.78 is 11.6. The lowest BCUT2D eigenvalue weighted by molar-refractivity contribution is -0.276. The molecule has 4 aliphatic rings. The minimum absolute atomic E-state index is 0.0942. The van der Waals surface area contributed by atoms with Gasteiger partial charge in [0.05, 0.1) is 36.4 Å². The van der Waals surface area contributed by atoms with Crippen LogP contribution in [0.3, 0.4) is 0 Å². The molecular weight excluding hydrogens is 620 g/mol. The molecule has 0 spiro atoms. The van der Waals surface area contributed by atoms with Gasteiger partial charge < -0.3 is 29.9 Å². The van der Waals surface area contributed by atoms with E-state index in [1.54, 1.807) is 13.0 Å². The molecular formula is C41H66O8. The quantitative estimate of drug-likeness (QED) is 0.120. The number of esters is 2. The van der Waals surface area contributed by atoms with Gasteiger partial charge in [0.1, 0.15) is 6.61 Å². The number of aliphatic hydroxyl groups is 4. The Bertz CT molecular complexity index is 1330. The van der Waals surface area contributed by atoms with Gasteiger partial charge >= 0.3 is 11.9 Å². The third kappa shape index (κ3) is 6.51. The van der Waals surface area contributed by atoms with Gasteiger partial charge in [0.15, 0.2) is 0 Å². The summed E-state index contributed by atoms with van der Waals surface area (Å²) in [5, 5.41) is 47.0. The Morgan fingerprint density at radius 2 is 1.49 bits per heavy atom. The van der Waals surface area contributed by atoms with Crippen LogP contribution < -0.4 is 0 Å². The summed E-state index contributed by atoms with van der Waals surface area (Å²) in [6, 6.07) is 0. The minimum Gasteiger partial charge on any atom is -0.462 e. The van der Waals surface area contributed by atoms with Crippen LogP contribution in [0.25, 0.3) is 0 Å². The second kappa shape index (κ2) is 13.9. The molecule has 0 heterocycles. The molecule has 0 aromatic heterocycles. The van der Waals surface area contributed by atoms with Crippen molar-refractivity contribution in [1.29, 1.82) is 0 Å². The summed E-state index contributed by atoms with van der Waals surface area (Å²) in [6.07, 6.45) is 6.74. The molecule has 3 unspecified atom stereocenters. The van der Waals surface area contributed by atoms with Crippen molar-refractivity contribution < 1.29 is 39.5 Å². The maximum atomic E-state index is 12.7. The van der Waals surface area contributed by atoms with E-state index in [1.807, 2.05) is 40.7 Å². The molecule has 12 atom stereocenters. The predicted molar refractivity (Wildman–Crippen MR) is 191 cm³/mol. The monoisotopic (exact) mass is 686 g/mol. The summed E-state index contributed by atoms with van der Waals surface area (Å²) in [5.74, 6) is -0.833. The lowest BCUT2D eigenvalue weighted by Crippen LogP contribution is -2.70. The van der Waals surface area contributed by atoms with E-state index < -0.39 is 46.6 Å². The van der Waals surface area contributed by atoms with Crippen molar-refractivity contribution in [1.82, 2.24) is 0 Å². The molecule has 0 aromatic rings. The van der Waals surface area contributed by atoms with Crippen LogP contribution in [-0.4, -0.2) is 70.0 Å². The fourth-order valence-electron chi connectivity index (χ4n) is 11.6. The first-order valence-corrected chi connectivity index (χ1v) is 18.5. The zero-order chi connectivity index (χ0) is 37.0. The van der Waals surface area contributed by atoms with Gasteiger partial charge in [-0.1, -0.05) is 59.3 Å². The molecule has 4 aliphatic carbocycles. The van der Waals surface area contributed by atoms with Crippen molar-refractivity contribution >= 4 is 11.9 Å². The van der Waals surface area contributed by atoms with Crippen LogP contribution in [-0.2, 0) is 19.1 Å². The van der Waals surface area contributed by atoms with Crippen molar-refractivity contribution in [3.8, 4) is 0 Å². The van der Waals surface area contributed by atoms with Crippen LogP contribution in [0, 0.1) is 50.2 Å². The third-order valence-corrected chi connectivity index (χ3v) is 14.9. The average Bonchev–Trinajstić information content (AvgIpc) is 3.01. The molecule has 0 amide bonds. The molecule has 8 heteroatoms. The Labute approximate surface area is 295 Å². The highest BCUT2D eigenvalue weighted by molar-refractivity contribution is 5.87. The lowest BCUT2D eigenvalue weighted by atomic mass is 9.35.